The molecule has 0 aliphatic rings. The molecule has 22 heavy (non-hydrogen) atoms. The summed E-state index contributed by atoms with van der Waals surface area (Å²) in [6.07, 6.45) is 0. The van der Waals surface area contributed by atoms with Crippen LogP contribution in [-0.4, -0.2) is 17.4 Å². The van der Waals surface area contributed by atoms with Crippen molar-refractivity contribution in [3.05, 3.63) is 63.2 Å². The number of halogens is 1. The molecule has 2 aromatic carbocycles. The Hall–Kier alpha value is -2.60. The van der Waals surface area contributed by atoms with Gasteiger partial charge in [-0.2, -0.15) is 0 Å². The van der Waals surface area contributed by atoms with Crippen LogP contribution in [0.3, 0.4) is 0 Å². The number of nitro groups is 1. The fourth-order valence-corrected chi connectivity index (χ4v) is 2.03. The van der Waals surface area contributed by atoms with Crippen molar-refractivity contribution in [2.75, 3.05) is 11.9 Å². The van der Waals surface area contributed by atoms with Gasteiger partial charge >= 0.3 is 0 Å². The van der Waals surface area contributed by atoms with Gasteiger partial charge in [0.1, 0.15) is 10.8 Å². The van der Waals surface area contributed by atoms with E-state index >= 15 is 0 Å². The van der Waals surface area contributed by atoms with E-state index < -0.39 is 10.8 Å². The lowest BCUT2D eigenvalue weighted by molar-refractivity contribution is -0.384. The van der Waals surface area contributed by atoms with Gasteiger partial charge in [0.05, 0.1) is 17.2 Å². The molecule has 0 aliphatic heterocycles. The number of carbonyl (C=O) groups is 1. The lowest BCUT2D eigenvalue weighted by atomic mass is 10.2. The maximum atomic E-state index is 12.2. The summed E-state index contributed by atoms with van der Waals surface area (Å²) in [6.45, 7) is 2.29. The van der Waals surface area contributed by atoms with Gasteiger partial charge in [-0.05, 0) is 31.2 Å². The van der Waals surface area contributed by atoms with Crippen molar-refractivity contribution in [3.63, 3.8) is 0 Å². The van der Waals surface area contributed by atoms with Gasteiger partial charge in [0.25, 0.3) is 11.6 Å². The molecular weight excluding hydrogens is 308 g/mol. The largest absolute Gasteiger partial charge is 0.492 e. The van der Waals surface area contributed by atoms with Crippen LogP contribution in [0.4, 0.5) is 11.4 Å². The van der Waals surface area contributed by atoms with Crippen molar-refractivity contribution < 1.29 is 14.5 Å². The summed E-state index contributed by atoms with van der Waals surface area (Å²) in [4.78, 5) is 22.5. The first-order valence-electron chi connectivity index (χ1n) is 6.50. The van der Waals surface area contributed by atoms with Crippen LogP contribution in [0, 0.1) is 10.1 Å². The molecule has 0 aliphatic carbocycles. The van der Waals surface area contributed by atoms with Gasteiger partial charge in [-0.3, -0.25) is 14.9 Å². The summed E-state index contributed by atoms with van der Waals surface area (Å²) in [5.41, 5.74) is 0.321. The predicted molar refractivity (Wildman–Crippen MR) is 83.7 cm³/mol. The van der Waals surface area contributed by atoms with E-state index in [1.807, 2.05) is 6.92 Å². The van der Waals surface area contributed by atoms with Gasteiger partial charge < -0.3 is 10.1 Å². The van der Waals surface area contributed by atoms with E-state index in [1.165, 1.54) is 12.1 Å². The first kappa shape index (κ1) is 15.8. The Bertz CT molecular complexity index is 718. The second kappa shape index (κ2) is 6.91. The molecule has 0 fully saturated rings. The average Bonchev–Trinajstić information content (AvgIpc) is 2.49. The van der Waals surface area contributed by atoms with E-state index in [0.29, 0.717) is 18.0 Å². The lowest BCUT2D eigenvalue weighted by Gasteiger charge is -2.11. The smallest absolute Gasteiger partial charge is 0.288 e. The van der Waals surface area contributed by atoms with E-state index in [1.54, 1.807) is 24.3 Å². The predicted octanol–water partition coefficient (Wildman–Crippen LogP) is 3.90. The fraction of sp³-hybridized carbons (Fsp3) is 0.133. The zero-order valence-corrected chi connectivity index (χ0v) is 12.5. The monoisotopic (exact) mass is 320 g/mol. The molecule has 0 saturated heterocycles. The van der Waals surface area contributed by atoms with E-state index in [2.05, 4.69) is 5.32 Å². The van der Waals surface area contributed by atoms with Crippen molar-refractivity contribution in [1.82, 2.24) is 0 Å². The third-order valence-corrected chi connectivity index (χ3v) is 3.16. The van der Waals surface area contributed by atoms with Crippen molar-refractivity contribution in [2.24, 2.45) is 0 Å². The van der Waals surface area contributed by atoms with Gasteiger partial charge in [0, 0.05) is 11.6 Å². The molecular formula is C15H13ClN2O4. The van der Waals surface area contributed by atoms with Crippen LogP contribution in [0.15, 0.2) is 42.5 Å². The second-order valence-electron chi connectivity index (χ2n) is 4.31. The molecule has 0 aromatic heterocycles. The van der Waals surface area contributed by atoms with Crippen molar-refractivity contribution >= 4 is 28.9 Å². The molecule has 0 radical (unpaired) electrons. The van der Waals surface area contributed by atoms with Gasteiger partial charge in [-0.1, -0.05) is 23.7 Å². The third kappa shape index (κ3) is 3.53. The highest BCUT2D eigenvalue weighted by molar-refractivity contribution is 6.32. The first-order valence-corrected chi connectivity index (χ1v) is 6.88. The highest BCUT2D eigenvalue weighted by Gasteiger charge is 2.17. The molecule has 1 amide bonds. The number of para-hydroxylation sites is 2. The molecule has 0 atom stereocenters. The first-order chi connectivity index (χ1) is 10.5. The molecule has 0 spiro atoms. The molecule has 6 nitrogen and oxygen atoms in total. The molecule has 114 valence electrons. The number of nitro benzene ring substituents is 1. The number of rotatable bonds is 5. The summed E-state index contributed by atoms with van der Waals surface area (Å²) in [5, 5.41) is 13.5. The molecule has 0 heterocycles. The molecule has 1 N–H and O–H groups in total. The highest BCUT2D eigenvalue weighted by Crippen LogP contribution is 2.27. The molecule has 2 aromatic rings. The number of hydrogen-bond donors (Lipinski definition) is 1. The zero-order chi connectivity index (χ0) is 16.1. The molecule has 7 heteroatoms. The van der Waals surface area contributed by atoms with Crippen LogP contribution in [0.25, 0.3) is 0 Å². The van der Waals surface area contributed by atoms with Gasteiger partial charge in [-0.15, -0.1) is 0 Å². The number of nitrogens with one attached hydrogen (secondary N) is 1. The number of amides is 1. The van der Waals surface area contributed by atoms with Gasteiger partial charge in [0.2, 0.25) is 0 Å². The fourth-order valence-electron chi connectivity index (χ4n) is 1.84. The molecule has 0 bridgehead atoms. The number of anilines is 1. The minimum absolute atomic E-state index is 0.0173. The summed E-state index contributed by atoms with van der Waals surface area (Å²) < 4.78 is 5.41. The Morgan fingerprint density at radius 3 is 2.73 bits per heavy atom. The van der Waals surface area contributed by atoms with Crippen LogP contribution < -0.4 is 10.1 Å². The van der Waals surface area contributed by atoms with Crippen molar-refractivity contribution in [3.8, 4) is 5.75 Å². The number of carbonyl (C=O) groups excluding carboxylic acids is 1. The Kier molecular flexibility index (Phi) is 4.95. The Balaban J connectivity index is 2.26. The molecule has 2 rings (SSSR count). The van der Waals surface area contributed by atoms with Gasteiger partial charge in [0.15, 0.2) is 0 Å². The highest BCUT2D eigenvalue weighted by atomic mass is 35.5. The summed E-state index contributed by atoms with van der Waals surface area (Å²) >= 11 is 5.73. The standard InChI is InChI=1S/C15H13ClN2O4/c1-2-22-14-6-4-3-5-12(14)17-15(19)10-7-8-11(16)13(9-10)18(20)21/h3-9H,2H2,1H3,(H,17,19). The van der Waals surface area contributed by atoms with Crippen molar-refractivity contribution in [1.29, 1.82) is 0 Å². The van der Waals surface area contributed by atoms with Crippen molar-refractivity contribution in [2.45, 2.75) is 6.92 Å². The number of benzene rings is 2. The van der Waals surface area contributed by atoms with Crippen LogP contribution >= 0.6 is 11.6 Å². The number of hydrogen-bond acceptors (Lipinski definition) is 4. The second-order valence-corrected chi connectivity index (χ2v) is 4.71. The van der Waals surface area contributed by atoms with Crippen LogP contribution in [0.1, 0.15) is 17.3 Å². The quantitative estimate of drug-likeness (QED) is 0.669. The van der Waals surface area contributed by atoms with Crippen LogP contribution in [-0.2, 0) is 0 Å². The number of nitrogens with zero attached hydrogens (tertiary/aromatic N) is 1. The molecule has 0 unspecified atom stereocenters. The van der Waals surface area contributed by atoms with E-state index in [4.69, 9.17) is 16.3 Å². The Morgan fingerprint density at radius 2 is 2.05 bits per heavy atom. The van der Waals surface area contributed by atoms with Crippen LogP contribution in [0.2, 0.25) is 5.02 Å². The number of ether oxygens (including phenoxy) is 1. The van der Waals surface area contributed by atoms with Gasteiger partial charge in [-0.25, -0.2) is 0 Å². The zero-order valence-electron chi connectivity index (χ0n) is 11.7. The third-order valence-electron chi connectivity index (χ3n) is 2.84. The lowest BCUT2D eigenvalue weighted by Crippen LogP contribution is -2.13. The van der Waals surface area contributed by atoms with E-state index in [-0.39, 0.29) is 16.3 Å². The van der Waals surface area contributed by atoms with E-state index in [0.717, 1.165) is 6.07 Å². The average molecular weight is 321 g/mol. The van der Waals surface area contributed by atoms with E-state index in [9.17, 15) is 14.9 Å². The Labute approximate surface area is 131 Å². The Morgan fingerprint density at radius 1 is 1.32 bits per heavy atom. The minimum Gasteiger partial charge on any atom is -0.492 e. The summed E-state index contributed by atoms with van der Waals surface area (Å²) in [7, 11) is 0. The normalized spacial score (nSPS) is 10.1. The molecule has 0 saturated carbocycles. The summed E-state index contributed by atoms with van der Waals surface area (Å²) in [6, 6.07) is 10.8. The maximum absolute atomic E-state index is 12.2. The SMILES string of the molecule is CCOc1ccccc1NC(=O)c1ccc(Cl)c([N+](=O)[O-])c1. The van der Waals surface area contributed by atoms with Crippen LogP contribution in [0.5, 0.6) is 5.75 Å². The topological polar surface area (TPSA) is 81.5 Å². The maximum Gasteiger partial charge on any atom is 0.288 e. The minimum atomic E-state index is -0.632. The summed E-state index contributed by atoms with van der Waals surface area (Å²) in [5.74, 6) is 0.0498.